The van der Waals surface area contributed by atoms with Crippen LogP contribution in [0.4, 0.5) is 0 Å². The molecular formula is C19H35NO3. The van der Waals surface area contributed by atoms with Crippen LogP contribution in [0.25, 0.3) is 0 Å². The molecule has 0 amide bonds. The summed E-state index contributed by atoms with van der Waals surface area (Å²) in [5, 5.41) is 10.4. The van der Waals surface area contributed by atoms with Gasteiger partial charge in [-0.15, -0.1) is 0 Å². The van der Waals surface area contributed by atoms with Crippen molar-refractivity contribution in [1.82, 2.24) is 4.90 Å². The number of hydrogen-bond donors (Lipinski definition) is 1. The summed E-state index contributed by atoms with van der Waals surface area (Å²) in [6.07, 6.45) is 4.18. The number of rotatable bonds is 5. The van der Waals surface area contributed by atoms with E-state index in [4.69, 9.17) is 9.47 Å². The standard InChI is InChI=1S/C19H35NO3/c1-13-9-20(10-14(2)23-13)11-16(21)12-22-17-8-15-6-7-19(17,5)18(15,3)4/h13-17,21H,6-12H2,1-5H3/t13-,14-,15-,16+,17+,19-/m1/s1. The molecule has 2 aliphatic carbocycles. The maximum absolute atomic E-state index is 10.4. The summed E-state index contributed by atoms with van der Waals surface area (Å²) in [4.78, 5) is 2.30. The van der Waals surface area contributed by atoms with Gasteiger partial charge in [0.25, 0.3) is 0 Å². The van der Waals surface area contributed by atoms with Gasteiger partial charge >= 0.3 is 0 Å². The van der Waals surface area contributed by atoms with Crippen molar-refractivity contribution in [3.8, 4) is 0 Å². The molecule has 3 rings (SSSR count). The quantitative estimate of drug-likeness (QED) is 0.844. The van der Waals surface area contributed by atoms with E-state index in [2.05, 4.69) is 39.5 Å². The van der Waals surface area contributed by atoms with Gasteiger partial charge in [-0.3, -0.25) is 4.90 Å². The number of aliphatic hydroxyl groups excluding tert-OH is 1. The molecule has 4 heteroatoms. The first-order chi connectivity index (χ1) is 10.7. The molecule has 0 radical (unpaired) electrons. The predicted molar refractivity (Wildman–Crippen MR) is 91.4 cm³/mol. The van der Waals surface area contributed by atoms with Crippen molar-refractivity contribution in [2.45, 2.75) is 78.3 Å². The van der Waals surface area contributed by atoms with Crippen molar-refractivity contribution < 1.29 is 14.6 Å². The number of hydrogen-bond acceptors (Lipinski definition) is 4. The highest BCUT2D eigenvalue weighted by molar-refractivity contribution is 5.11. The molecular weight excluding hydrogens is 290 g/mol. The lowest BCUT2D eigenvalue weighted by molar-refractivity contribution is -0.0996. The van der Waals surface area contributed by atoms with Crippen molar-refractivity contribution in [2.24, 2.45) is 16.7 Å². The molecule has 2 bridgehead atoms. The Balaban J connectivity index is 1.48. The maximum atomic E-state index is 10.4. The van der Waals surface area contributed by atoms with Gasteiger partial charge in [-0.2, -0.15) is 0 Å². The van der Waals surface area contributed by atoms with Crippen molar-refractivity contribution in [2.75, 3.05) is 26.2 Å². The number of nitrogens with zero attached hydrogens (tertiary/aromatic N) is 1. The molecule has 6 atom stereocenters. The second kappa shape index (κ2) is 6.29. The molecule has 1 saturated heterocycles. The Hall–Kier alpha value is -0.160. The van der Waals surface area contributed by atoms with E-state index in [-0.39, 0.29) is 17.6 Å². The summed E-state index contributed by atoms with van der Waals surface area (Å²) in [7, 11) is 0. The third-order valence-electron chi connectivity index (χ3n) is 7.17. The average molecular weight is 325 g/mol. The number of morpholine rings is 1. The van der Waals surface area contributed by atoms with Crippen LogP contribution >= 0.6 is 0 Å². The first-order valence-electron chi connectivity index (χ1n) is 9.40. The Morgan fingerprint density at radius 1 is 1.22 bits per heavy atom. The monoisotopic (exact) mass is 325 g/mol. The minimum atomic E-state index is -0.404. The van der Waals surface area contributed by atoms with E-state index in [1.54, 1.807) is 0 Å². The lowest BCUT2D eigenvalue weighted by Crippen LogP contribution is -2.49. The molecule has 23 heavy (non-hydrogen) atoms. The number of ether oxygens (including phenoxy) is 2. The molecule has 4 nitrogen and oxygen atoms in total. The van der Waals surface area contributed by atoms with E-state index >= 15 is 0 Å². The highest BCUT2D eigenvalue weighted by Gasteiger charge is 2.61. The van der Waals surface area contributed by atoms with Gasteiger partial charge in [-0.25, -0.2) is 0 Å². The second-order valence-electron chi connectivity index (χ2n) is 9.06. The molecule has 0 aromatic carbocycles. The van der Waals surface area contributed by atoms with Crippen LogP contribution in [0.5, 0.6) is 0 Å². The zero-order chi connectivity index (χ0) is 16.8. The minimum absolute atomic E-state index is 0.247. The van der Waals surface area contributed by atoms with Crippen molar-refractivity contribution in [1.29, 1.82) is 0 Å². The summed E-state index contributed by atoms with van der Waals surface area (Å²) in [6, 6.07) is 0. The van der Waals surface area contributed by atoms with E-state index in [0.29, 0.717) is 24.7 Å². The van der Waals surface area contributed by atoms with E-state index < -0.39 is 6.10 Å². The number of fused-ring (bicyclic) bond motifs is 2. The molecule has 0 spiro atoms. The van der Waals surface area contributed by atoms with Crippen LogP contribution in [-0.4, -0.2) is 60.7 Å². The predicted octanol–water partition coefficient (Wildman–Crippen LogP) is 2.69. The molecule has 2 saturated carbocycles. The van der Waals surface area contributed by atoms with Gasteiger partial charge < -0.3 is 14.6 Å². The largest absolute Gasteiger partial charge is 0.389 e. The summed E-state index contributed by atoms with van der Waals surface area (Å²) in [5.41, 5.74) is 0.650. The topological polar surface area (TPSA) is 41.9 Å². The van der Waals surface area contributed by atoms with Crippen LogP contribution in [0.15, 0.2) is 0 Å². The molecule has 1 N–H and O–H groups in total. The second-order valence-corrected chi connectivity index (χ2v) is 9.06. The lowest BCUT2D eigenvalue weighted by Gasteiger charge is -2.39. The van der Waals surface area contributed by atoms with E-state index in [1.807, 2.05) is 0 Å². The molecule has 134 valence electrons. The fraction of sp³-hybridized carbons (Fsp3) is 1.00. The Labute approximate surface area is 141 Å². The fourth-order valence-corrected chi connectivity index (χ4v) is 5.39. The third kappa shape index (κ3) is 3.20. The van der Waals surface area contributed by atoms with E-state index in [9.17, 15) is 5.11 Å². The third-order valence-corrected chi connectivity index (χ3v) is 7.17. The Morgan fingerprint density at radius 3 is 2.39 bits per heavy atom. The average Bonchev–Trinajstić information content (AvgIpc) is 2.76. The first-order valence-corrected chi connectivity index (χ1v) is 9.40. The molecule has 3 aliphatic rings. The van der Waals surface area contributed by atoms with Crippen LogP contribution in [0.3, 0.4) is 0 Å². The molecule has 1 heterocycles. The number of aliphatic hydroxyl groups is 1. The Morgan fingerprint density at radius 2 is 1.87 bits per heavy atom. The van der Waals surface area contributed by atoms with E-state index in [0.717, 1.165) is 19.0 Å². The molecule has 0 aromatic heterocycles. The molecule has 0 unspecified atom stereocenters. The van der Waals surface area contributed by atoms with Crippen molar-refractivity contribution in [3.63, 3.8) is 0 Å². The van der Waals surface area contributed by atoms with Gasteiger partial charge in [-0.05, 0) is 49.9 Å². The van der Waals surface area contributed by atoms with Crippen molar-refractivity contribution in [3.05, 3.63) is 0 Å². The highest BCUT2D eigenvalue weighted by atomic mass is 16.5. The van der Waals surface area contributed by atoms with E-state index in [1.165, 1.54) is 19.3 Å². The van der Waals surface area contributed by atoms with Gasteiger partial charge in [0.2, 0.25) is 0 Å². The SMILES string of the molecule is C[C@@H]1CN(C[C@H](O)CO[C@H]2C[C@H]3CC[C@@]2(C)C3(C)C)C[C@@H](C)O1. The van der Waals surface area contributed by atoms with Crippen LogP contribution in [-0.2, 0) is 9.47 Å². The zero-order valence-electron chi connectivity index (χ0n) is 15.5. The molecule has 3 fully saturated rings. The van der Waals surface area contributed by atoms with Crippen molar-refractivity contribution >= 4 is 0 Å². The fourth-order valence-electron chi connectivity index (χ4n) is 5.39. The zero-order valence-corrected chi connectivity index (χ0v) is 15.5. The van der Waals surface area contributed by atoms with Gasteiger partial charge in [0.15, 0.2) is 0 Å². The highest BCUT2D eigenvalue weighted by Crippen LogP contribution is 2.66. The maximum Gasteiger partial charge on any atom is 0.0900 e. The lowest BCUT2D eigenvalue weighted by atomic mass is 9.70. The van der Waals surface area contributed by atoms with Gasteiger partial charge in [0, 0.05) is 19.6 Å². The molecule has 0 aromatic rings. The summed E-state index contributed by atoms with van der Waals surface area (Å²) in [6.45, 7) is 14.4. The smallest absolute Gasteiger partial charge is 0.0900 e. The van der Waals surface area contributed by atoms with Crippen LogP contribution in [0, 0.1) is 16.7 Å². The van der Waals surface area contributed by atoms with Crippen LogP contribution in [0.2, 0.25) is 0 Å². The van der Waals surface area contributed by atoms with Crippen LogP contribution in [0.1, 0.15) is 53.9 Å². The normalized spacial score (nSPS) is 44.6. The Kier molecular flexibility index (Phi) is 4.83. The first kappa shape index (κ1) is 17.7. The summed E-state index contributed by atoms with van der Waals surface area (Å²) < 4.78 is 12.0. The van der Waals surface area contributed by atoms with Gasteiger partial charge in [-0.1, -0.05) is 20.8 Å². The summed E-state index contributed by atoms with van der Waals surface area (Å²) in [5.74, 6) is 0.788. The minimum Gasteiger partial charge on any atom is -0.389 e. The number of β-amino-alcohol motifs (C(OH)–C–C–N with tert-alkyl or cyclic N) is 1. The van der Waals surface area contributed by atoms with Crippen LogP contribution < -0.4 is 0 Å². The van der Waals surface area contributed by atoms with Gasteiger partial charge in [0.05, 0.1) is 31.0 Å². The summed E-state index contributed by atoms with van der Waals surface area (Å²) >= 11 is 0. The molecule has 1 aliphatic heterocycles. The Bertz CT molecular complexity index is 417. The van der Waals surface area contributed by atoms with Gasteiger partial charge in [0.1, 0.15) is 0 Å².